The third-order valence-electron chi connectivity index (χ3n) is 2.69. The molecule has 0 aromatic carbocycles. The van der Waals surface area contributed by atoms with Crippen molar-refractivity contribution >= 4 is 6.21 Å². The molecule has 0 saturated heterocycles. The van der Waals surface area contributed by atoms with Gasteiger partial charge in [-0.1, -0.05) is 33.8 Å². The van der Waals surface area contributed by atoms with Crippen molar-refractivity contribution < 1.29 is 0 Å². The summed E-state index contributed by atoms with van der Waals surface area (Å²) in [6.07, 6.45) is 9.57. The van der Waals surface area contributed by atoms with Gasteiger partial charge >= 0.3 is 0 Å². The second-order valence-corrected chi connectivity index (χ2v) is 3.68. The fraction of sp³-hybridized carbons (Fsp3) is 0.769. The van der Waals surface area contributed by atoms with Crippen LogP contribution in [0.15, 0.2) is 17.1 Å². The van der Waals surface area contributed by atoms with E-state index in [4.69, 9.17) is 0 Å². The molecule has 0 spiro atoms. The van der Waals surface area contributed by atoms with Gasteiger partial charge in [0.25, 0.3) is 0 Å². The lowest BCUT2D eigenvalue weighted by molar-refractivity contribution is 0.202. The molecule has 88 valence electrons. The summed E-state index contributed by atoms with van der Waals surface area (Å²) in [4.78, 5) is 6.84. The molecule has 2 nitrogen and oxygen atoms in total. The standard InChI is InChI=1S/C13H26N2/c1-5-9-10-11-14-12-15(8-4)13(6-2)7-3/h9-11,13H,5-8,12H2,1-4H3/b10-9+,14-11-. The van der Waals surface area contributed by atoms with E-state index in [0.717, 1.165) is 19.6 Å². The van der Waals surface area contributed by atoms with Crippen LogP contribution in [0.5, 0.6) is 0 Å². The van der Waals surface area contributed by atoms with Crippen LogP contribution in [0.3, 0.4) is 0 Å². The second kappa shape index (κ2) is 9.91. The van der Waals surface area contributed by atoms with E-state index < -0.39 is 0 Å². The average molecular weight is 210 g/mol. The lowest BCUT2D eigenvalue weighted by Crippen LogP contribution is -2.34. The molecular weight excluding hydrogens is 184 g/mol. The van der Waals surface area contributed by atoms with Crippen LogP contribution in [0.2, 0.25) is 0 Å². The van der Waals surface area contributed by atoms with Gasteiger partial charge in [0.1, 0.15) is 0 Å². The molecule has 0 unspecified atom stereocenters. The van der Waals surface area contributed by atoms with Gasteiger partial charge in [-0.3, -0.25) is 9.89 Å². The molecule has 0 aliphatic heterocycles. The van der Waals surface area contributed by atoms with Crippen molar-refractivity contribution in [3.05, 3.63) is 12.2 Å². The van der Waals surface area contributed by atoms with Crippen molar-refractivity contribution in [2.75, 3.05) is 13.2 Å². The Bertz CT molecular complexity index is 181. The van der Waals surface area contributed by atoms with Gasteiger partial charge in [-0.05, 0) is 31.9 Å². The molecule has 2 heteroatoms. The molecule has 15 heavy (non-hydrogen) atoms. The van der Waals surface area contributed by atoms with Crippen molar-refractivity contribution in [1.29, 1.82) is 0 Å². The van der Waals surface area contributed by atoms with Crippen LogP contribution in [-0.4, -0.2) is 30.4 Å². The summed E-state index contributed by atoms with van der Waals surface area (Å²) >= 11 is 0. The first kappa shape index (κ1) is 14.4. The number of hydrogen-bond acceptors (Lipinski definition) is 2. The molecule has 0 N–H and O–H groups in total. The van der Waals surface area contributed by atoms with Crippen molar-refractivity contribution in [2.24, 2.45) is 4.99 Å². The fourth-order valence-corrected chi connectivity index (χ4v) is 1.69. The Kier molecular flexibility index (Phi) is 9.49. The van der Waals surface area contributed by atoms with E-state index in [9.17, 15) is 0 Å². The van der Waals surface area contributed by atoms with Gasteiger partial charge in [0.2, 0.25) is 0 Å². The van der Waals surface area contributed by atoms with Crippen LogP contribution >= 0.6 is 0 Å². The summed E-state index contributed by atoms with van der Waals surface area (Å²) in [5.41, 5.74) is 0. The van der Waals surface area contributed by atoms with Crippen molar-refractivity contribution in [2.45, 2.75) is 53.0 Å². The molecule has 0 saturated carbocycles. The number of nitrogens with zero attached hydrogens (tertiary/aromatic N) is 2. The maximum absolute atomic E-state index is 4.41. The van der Waals surface area contributed by atoms with Gasteiger partial charge in [-0.2, -0.15) is 0 Å². The van der Waals surface area contributed by atoms with Crippen LogP contribution in [0, 0.1) is 0 Å². The molecule has 0 aliphatic rings. The molecule has 0 heterocycles. The van der Waals surface area contributed by atoms with Crippen molar-refractivity contribution in [1.82, 2.24) is 4.90 Å². The third-order valence-corrected chi connectivity index (χ3v) is 2.69. The Balaban J connectivity index is 3.98. The van der Waals surface area contributed by atoms with Crippen LogP contribution in [0.25, 0.3) is 0 Å². The Morgan fingerprint density at radius 3 is 2.27 bits per heavy atom. The Labute approximate surface area is 95.1 Å². The zero-order valence-corrected chi connectivity index (χ0v) is 10.7. The van der Waals surface area contributed by atoms with E-state index in [-0.39, 0.29) is 0 Å². The molecule has 0 atom stereocenters. The number of rotatable bonds is 8. The molecule has 0 bridgehead atoms. The first-order valence-corrected chi connectivity index (χ1v) is 6.18. The van der Waals surface area contributed by atoms with Crippen molar-refractivity contribution in [3.8, 4) is 0 Å². The molecule has 0 aromatic heterocycles. The van der Waals surface area contributed by atoms with Crippen molar-refractivity contribution in [3.63, 3.8) is 0 Å². The first-order chi connectivity index (χ1) is 7.29. The topological polar surface area (TPSA) is 15.6 Å². The largest absolute Gasteiger partial charge is 0.282 e. The van der Waals surface area contributed by atoms with Gasteiger partial charge in [0.05, 0.1) is 6.67 Å². The van der Waals surface area contributed by atoms with Crippen LogP contribution in [0.4, 0.5) is 0 Å². The maximum Gasteiger partial charge on any atom is 0.0911 e. The van der Waals surface area contributed by atoms with Gasteiger partial charge in [0, 0.05) is 12.3 Å². The minimum atomic E-state index is 0.683. The van der Waals surface area contributed by atoms with E-state index in [0.29, 0.717) is 6.04 Å². The summed E-state index contributed by atoms with van der Waals surface area (Å²) in [7, 11) is 0. The highest BCUT2D eigenvalue weighted by Crippen LogP contribution is 2.07. The monoisotopic (exact) mass is 210 g/mol. The predicted octanol–water partition coefficient (Wildman–Crippen LogP) is 3.49. The van der Waals surface area contributed by atoms with E-state index in [2.05, 4.69) is 43.7 Å². The zero-order chi connectivity index (χ0) is 11.5. The highest BCUT2D eigenvalue weighted by atomic mass is 15.2. The average Bonchev–Trinajstić information content (AvgIpc) is 2.27. The molecule has 0 aliphatic carbocycles. The summed E-state index contributed by atoms with van der Waals surface area (Å²) in [5.74, 6) is 0. The normalized spacial score (nSPS) is 12.7. The summed E-state index contributed by atoms with van der Waals surface area (Å²) < 4.78 is 0. The first-order valence-electron chi connectivity index (χ1n) is 6.18. The summed E-state index contributed by atoms with van der Waals surface area (Å²) in [5, 5.41) is 0. The maximum atomic E-state index is 4.41. The number of hydrogen-bond donors (Lipinski definition) is 0. The zero-order valence-electron chi connectivity index (χ0n) is 10.7. The van der Waals surface area contributed by atoms with Gasteiger partial charge in [-0.25, -0.2) is 0 Å². The van der Waals surface area contributed by atoms with Gasteiger partial charge in [0.15, 0.2) is 0 Å². The lowest BCUT2D eigenvalue weighted by Gasteiger charge is -2.27. The van der Waals surface area contributed by atoms with Crippen LogP contribution in [0.1, 0.15) is 47.0 Å². The van der Waals surface area contributed by atoms with Crippen LogP contribution < -0.4 is 0 Å². The lowest BCUT2D eigenvalue weighted by atomic mass is 10.1. The fourth-order valence-electron chi connectivity index (χ4n) is 1.69. The smallest absolute Gasteiger partial charge is 0.0911 e. The Morgan fingerprint density at radius 2 is 1.80 bits per heavy atom. The molecular formula is C13H26N2. The highest BCUT2D eigenvalue weighted by molar-refractivity contribution is 5.70. The third kappa shape index (κ3) is 6.45. The van der Waals surface area contributed by atoms with E-state index in [1.165, 1.54) is 12.8 Å². The molecule has 0 fully saturated rings. The van der Waals surface area contributed by atoms with E-state index in [1.807, 2.05) is 12.3 Å². The molecule has 0 aromatic rings. The number of allylic oxidation sites excluding steroid dienone is 2. The SMILES string of the molecule is CC/C=C/C=N\CN(CC)C(CC)CC. The number of aliphatic imine (C=N–C) groups is 1. The van der Waals surface area contributed by atoms with Crippen LogP contribution in [-0.2, 0) is 0 Å². The molecule has 0 amide bonds. The summed E-state index contributed by atoms with van der Waals surface area (Å²) in [6, 6.07) is 0.683. The molecule has 0 rings (SSSR count). The Hall–Kier alpha value is -0.630. The Morgan fingerprint density at radius 1 is 1.13 bits per heavy atom. The quantitative estimate of drug-likeness (QED) is 0.560. The minimum Gasteiger partial charge on any atom is -0.282 e. The molecule has 0 radical (unpaired) electrons. The van der Waals surface area contributed by atoms with E-state index >= 15 is 0 Å². The van der Waals surface area contributed by atoms with E-state index in [1.54, 1.807) is 0 Å². The highest BCUT2D eigenvalue weighted by Gasteiger charge is 2.11. The van der Waals surface area contributed by atoms with Gasteiger partial charge in [-0.15, -0.1) is 0 Å². The summed E-state index contributed by atoms with van der Waals surface area (Å²) in [6.45, 7) is 10.7. The predicted molar refractivity (Wildman–Crippen MR) is 69.5 cm³/mol. The van der Waals surface area contributed by atoms with Gasteiger partial charge < -0.3 is 0 Å². The minimum absolute atomic E-state index is 0.683. The second-order valence-electron chi connectivity index (χ2n) is 3.68.